The fourth-order valence-corrected chi connectivity index (χ4v) is 2.53. The van der Waals surface area contributed by atoms with Crippen LogP contribution in [0.5, 0.6) is 0 Å². The van der Waals surface area contributed by atoms with Gasteiger partial charge in [-0.1, -0.05) is 38.1 Å². The minimum atomic E-state index is -0.471. The van der Waals surface area contributed by atoms with Crippen molar-refractivity contribution in [2.75, 3.05) is 5.32 Å². The summed E-state index contributed by atoms with van der Waals surface area (Å²) < 4.78 is 5.57. The summed E-state index contributed by atoms with van der Waals surface area (Å²) >= 11 is 0. The van der Waals surface area contributed by atoms with Gasteiger partial charge in [0.05, 0.1) is 4.92 Å². The Morgan fingerprint density at radius 3 is 2.46 bits per heavy atom. The van der Waals surface area contributed by atoms with E-state index in [4.69, 9.17) is 4.42 Å². The second-order valence-electron chi connectivity index (χ2n) is 6.20. The number of amides is 1. The first-order chi connectivity index (χ1) is 12.4. The topological polar surface area (TPSA) is 85.4 Å². The Morgan fingerprint density at radius 2 is 1.81 bits per heavy atom. The molecule has 1 aromatic heterocycles. The van der Waals surface area contributed by atoms with Gasteiger partial charge in [-0.15, -0.1) is 0 Å². The molecule has 6 nitrogen and oxygen atoms in total. The zero-order valence-electron chi connectivity index (χ0n) is 14.4. The zero-order chi connectivity index (χ0) is 18.7. The third-order valence-electron chi connectivity index (χ3n) is 4.01. The Hall–Kier alpha value is -3.41. The number of rotatable bonds is 5. The van der Waals surface area contributed by atoms with Crippen molar-refractivity contribution in [3.63, 3.8) is 0 Å². The maximum absolute atomic E-state index is 12.3. The molecule has 0 bridgehead atoms. The first-order valence-electron chi connectivity index (χ1n) is 8.20. The van der Waals surface area contributed by atoms with Crippen LogP contribution in [0.25, 0.3) is 11.3 Å². The average molecular weight is 350 g/mol. The highest BCUT2D eigenvalue weighted by molar-refractivity contribution is 6.02. The molecule has 26 heavy (non-hydrogen) atoms. The molecule has 0 aliphatic rings. The van der Waals surface area contributed by atoms with Crippen LogP contribution in [-0.4, -0.2) is 10.8 Å². The van der Waals surface area contributed by atoms with E-state index in [0.717, 1.165) is 0 Å². The number of nitrogens with zero attached hydrogens (tertiary/aromatic N) is 1. The fraction of sp³-hybridized carbons (Fsp3) is 0.150. The van der Waals surface area contributed by atoms with Crippen LogP contribution < -0.4 is 5.32 Å². The summed E-state index contributed by atoms with van der Waals surface area (Å²) in [4.78, 5) is 22.7. The predicted octanol–water partition coefficient (Wildman–Crippen LogP) is 5.23. The maximum atomic E-state index is 12.3. The van der Waals surface area contributed by atoms with Gasteiger partial charge in [0.25, 0.3) is 11.6 Å². The molecule has 0 radical (unpaired) electrons. The van der Waals surface area contributed by atoms with E-state index < -0.39 is 4.92 Å². The van der Waals surface area contributed by atoms with E-state index in [0.29, 0.717) is 22.9 Å². The quantitative estimate of drug-likeness (QED) is 0.504. The first kappa shape index (κ1) is 17.4. The molecular weight excluding hydrogens is 332 g/mol. The Labute approximate surface area is 150 Å². The number of nitro benzene ring substituents is 1. The number of anilines is 1. The molecule has 1 N–H and O–H groups in total. The summed E-state index contributed by atoms with van der Waals surface area (Å²) in [6.07, 6.45) is 0. The van der Waals surface area contributed by atoms with Gasteiger partial charge in [0.15, 0.2) is 5.76 Å². The molecule has 3 aromatic rings. The molecule has 6 heteroatoms. The minimum Gasteiger partial charge on any atom is -0.451 e. The van der Waals surface area contributed by atoms with Crippen molar-refractivity contribution in [3.05, 3.63) is 82.1 Å². The smallest absolute Gasteiger partial charge is 0.291 e. The van der Waals surface area contributed by atoms with Crippen LogP contribution in [0.4, 0.5) is 11.4 Å². The van der Waals surface area contributed by atoms with E-state index in [2.05, 4.69) is 19.2 Å². The molecule has 1 amide bonds. The van der Waals surface area contributed by atoms with Gasteiger partial charge in [-0.3, -0.25) is 14.9 Å². The summed E-state index contributed by atoms with van der Waals surface area (Å²) in [6.45, 7) is 4.21. The summed E-state index contributed by atoms with van der Waals surface area (Å²) in [5.74, 6) is 0.578. The molecule has 0 spiro atoms. The van der Waals surface area contributed by atoms with Crippen LogP contribution in [-0.2, 0) is 0 Å². The van der Waals surface area contributed by atoms with Crippen LogP contribution in [0.2, 0.25) is 0 Å². The molecule has 3 rings (SSSR count). The molecular formula is C20H18N2O4. The van der Waals surface area contributed by atoms with Gasteiger partial charge in [-0.2, -0.15) is 0 Å². The average Bonchev–Trinajstić information content (AvgIpc) is 3.12. The van der Waals surface area contributed by atoms with E-state index in [-0.39, 0.29) is 17.4 Å². The van der Waals surface area contributed by atoms with Crippen molar-refractivity contribution in [1.29, 1.82) is 0 Å². The number of carbonyl (C=O) groups is 1. The predicted molar refractivity (Wildman–Crippen MR) is 99.3 cm³/mol. The highest BCUT2D eigenvalue weighted by Crippen LogP contribution is 2.26. The molecule has 0 aliphatic heterocycles. The standard InChI is InChI=1S/C20H18N2O4/c1-13(2)14-6-8-16(9-7-14)21-20(23)19-11-10-18(26-19)15-4-3-5-17(12-15)22(24)25/h3-13H,1-2H3,(H,21,23). The van der Waals surface area contributed by atoms with Crippen LogP contribution in [0.3, 0.4) is 0 Å². The van der Waals surface area contributed by atoms with Crippen molar-refractivity contribution in [3.8, 4) is 11.3 Å². The van der Waals surface area contributed by atoms with E-state index in [9.17, 15) is 14.9 Å². The molecule has 2 aromatic carbocycles. The molecule has 0 unspecified atom stereocenters. The number of non-ortho nitro benzene ring substituents is 1. The molecule has 1 heterocycles. The number of hydrogen-bond acceptors (Lipinski definition) is 4. The maximum Gasteiger partial charge on any atom is 0.291 e. The van der Waals surface area contributed by atoms with E-state index >= 15 is 0 Å². The molecule has 0 aliphatic carbocycles. The lowest BCUT2D eigenvalue weighted by Gasteiger charge is -2.07. The fourth-order valence-electron chi connectivity index (χ4n) is 2.53. The van der Waals surface area contributed by atoms with E-state index in [1.54, 1.807) is 24.3 Å². The van der Waals surface area contributed by atoms with Crippen molar-refractivity contribution in [2.45, 2.75) is 19.8 Å². The molecule has 0 fully saturated rings. The molecule has 132 valence electrons. The van der Waals surface area contributed by atoms with Crippen LogP contribution >= 0.6 is 0 Å². The molecule has 0 saturated heterocycles. The lowest BCUT2D eigenvalue weighted by atomic mass is 10.0. The van der Waals surface area contributed by atoms with Crippen molar-refractivity contribution >= 4 is 17.3 Å². The third-order valence-corrected chi connectivity index (χ3v) is 4.01. The van der Waals surface area contributed by atoms with Gasteiger partial charge in [0, 0.05) is 23.4 Å². The largest absolute Gasteiger partial charge is 0.451 e. The summed E-state index contributed by atoms with van der Waals surface area (Å²) in [6, 6.07) is 16.9. The number of nitro groups is 1. The van der Waals surface area contributed by atoms with E-state index in [1.807, 2.05) is 24.3 Å². The zero-order valence-corrected chi connectivity index (χ0v) is 14.4. The Balaban J connectivity index is 1.75. The molecule has 0 saturated carbocycles. The number of hydrogen-bond donors (Lipinski definition) is 1. The Kier molecular flexibility index (Phi) is 4.84. The lowest BCUT2D eigenvalue weighted by Crippen LogP contribution is -2.10. The number of nitrogens with one attached hydrogen (secondary N) is 1. The highest BCUT2D eigenvalue weighted by Gasteiger charge is 2.14. The van der Waals surface area contributed by atoms with Crippen molar-refractivity contribution in [1.82, 2.24) is 0 Å². The summed E-state index contributed by atoms with van der Waals surface area (Å²) in [5, 5.41) is 13.7. The van der Waals surface area contributed by atoms with Crippen molar-refractivity contribution < 1.29 is 14.1 Å². The Bertz CT molecular complexity index is 942. The summed E-state index contributed by atoms with van der Waals surface area (Å²) in [5.41, 5.74) is 2.37. The molecule has 0 atom stereocenters. The van der Waals surface area contributed by atoms with Gasteiger partial charge in [-0.05, 0) is 35.7 Å². The number of carbonyl (C=O) groups excluding carboxylic acids is 1. The SMILES string of the molecule is CC(C)c1ccc(NC(=O)c2ccc(-c3cccc([N+](=O)[O-])c3)o2)cc1. The number of furan rings is 1. The highest BCUT2D eigenvalue weighted by atomic mass is 16.6. The van der Waals surface area contributed by atoms with Gasteiger partial charge in [0.1, 0.15) is 5.76 Å². The second kappa shape index (κ2) is 7.23. The Morgan fingerprint density at radius 1 is 1.08 bits per heavy atom. The lowest BCUT2D eigenvalue weighted by molar-refractivity contribution is -0.384. The third kappa shape index (κ3) is 3.80. The minimum absolute atomic E-state index is 0.0323. The van der Waals surface area contributed by atoms with Crippen LogP contribution in [0.15, 0.2) is 65.1 Å². The number of benzene rings is 2. The normalized spacial score (nSPS) is 10.7. The summed E-state index contributed by atoms with van der Waals surface area (Å²) in [7, 11) is 0. The second-order valence-corrected chi connectivity index (χ2v) is 6.20. The first-order valence-corrected chi connectivity index (χ1v) is 8.20. The van der Waals surface area contributed by atoms with Gasteiger partial charge in [-0.25, -0.2) is 0 Å². The van der Waals surface area contributed by atoms with Crippen LogP contribution in [0, 0.1) is 10.1 Å². The van der Waals surface area contributed by atoms with E-state index in [1.165, 1.54) is 17.7 Å². The van der Waals surface area contributed by atoms with Gasteiger partial charge in [0.2, 0.25) is 0 Å². The van der Waals surface area contributed by atoms with Crippen molar-refractivity contribution in [2.24, 2.45) is 0 Å². The van der Waals surface area contributed by atoms with Gasteiger partial charge < -0.3 is 9.73 Å². The monoisotopic (exact) mass is 350 g/mol. The van der Waals surface area contributed by atoms with Crippen LogP contribution in [0.1, 0.15) is 35.9 Å². The van der Waals surface area contributed by atoms with Gasteiger partial charge >= 0.3 is 0 Å².